The maximum absolute atomic E-state index is 11.9. The van der Waals surface area contributed by atoms with Crippen LogP contribution in [0.2, 0.25) is 0 Å². The van der Waals surface area contributed by atoms with Crippen molar-refractivity contribution in [2.24, 2.45) is 5.73 Å². The van der Waals surface area contributed by atoms with Gasteiger partial charge in [-0.3, -0.25) is 0 Å². The molecule has 0 radical (unpaired) electrons. The highest BCUT2D eigenvalue weighted by Crippen LogP contribution is 2.14. The third-order valence-electron chi connectivity index (χ3n) is 1.87. The fraction of sp³-hybridized carbons (Fsp3) is 0.400. The van der Waals surface area contributed by atoms with Crippen molar-refractivity contribution in [1.29, 1.82) is 0 Å². The molecule has 5 heteroatoms. The first-order valence-electron chi connectivity index (χ1n) is 4.77. The van der Waals surface area contributed by atoms with Crippen LogP contribution in [0.1, 0.15) is 19.4 Å². The SMILES string of the molecule is CC(C)NS(=O)(=O)c1ccccc1CN. The summed E-state index contributed by atoms with van der Waals surface area (Å²) in [7, 11) is -3.43. The molecule has 1 aromatic carbocycles. The number of hydrogen-bond acceptors (Lipinski definition) is 3. The van der Waals surface area contributed by atoms with Gasteiger partial charge in [0.15, 0.2) is 0 Å². The van der Waals surface area contributed by atoms with E-state index in [0.717, 1.165) is 0 Å². The summed E-state index contributed by atoms with van der Waals surface area (Å²) < 4.78 is 26.2. The average Bonchev–Trinajstić information content (AvgIpc) is 2.16. The van der Waals surface area contributed by atoms with Crippen LogP contribution in [-0.2, 0) is 16.6 Å². The van der Waals surface area contributed by atoms with E-state index in [-0.39, 0.29) is 17.5 Å². The predicted octanol–water partition coefficient (Wildman–Crippen LogP) is 0.832. The van der Waals surface area contributed by atoms with Gasteiger partial charge in [-0.2, -0.15) is 0 Å². The summed E-state index contributed by atoms with van der Waals surface area (Å²) in [6, 6.07) is 6.62. The lowest BCUT2D eigenvalue weighted by molar-refractivity contribution is 0.568. The normalized spacial score (nSPS) is 12.0. The van der Waals surface area contributed by atoms with E-state index in [2.05, 4.69) is 4.72 Å². The molecule has 1 rings (SSSR count). The van der Waals surface area contributed by atoms with Gasteiger partial charge in [-0.1, -0.05) is 18.2 Å². The average molecular weight is 228 g/mol. The zero-order valence-corrected chi connectivity index (χ0v) is 9.71. The fourth-order valence-corrected chi connectivity index (χ4v) is 2.81. The van der Waals surface area contributed by atoms with Crippen molar-refractivity contribution < 1.29 is 8.42 Å². The first kappa shape index (κ1) is 12.2. The molecule has 0 fully saturated rings. The van der Waals surface area contributed by atoms with Crippen LogP contribution in [-0.4, -0.2) is 14.5 Å². The minimum atomic E-state index is -3.43. The summed E-state index contributed by atoms with van der Waals surface area (Å²) in [5.74, 6) is 0. The summed E-state index contributed by atoms with van der Waals surface area (Å²) in [5, 5.41) is 0. The largest absolute Gasteiger partial charge is 0.326 e. The van der Waals surface area contributed by atoms with Crippen LogP contribution < -0.4 is 10.5 Å². The van der Waals surface area contributed by atoms with Crippen LogP contribution >= 0.6 is 0 Å². The maximum atomic E-state index is 11.9. The molecule has 0 spiro atoms. The molecule has 0 saturated heterocycles. The van der Waals surface area contributed by atoms with Crippen molar-refractivity contribution in [3.8, 4) is 0 Å². The lowest BCUT2D eigenvalue weighted by atomic mass is 10.2. The quantitative estimate of drug-likeness (QED) is 0.802. The van der Waals surface area contributed by atoms with Crippen LogP contribution in [0.25, 0.3) is 0 Å². The molecule has 84 valence electrons. The number of sulfonamides is 1. The van der Waals surface area contributed by atoms with Gasteiger partial charge >= 0.3 is 0 Å². The molecule has 0 aliphatic rings. The molecule has 15 heavy (non-hydrogen) atoms. The van der Waals surface area contributed by atoms with E-state index in [1.54, 1.807) is 38.1 Å². The van der Waals surface area contributed by atoms with Crippen LogP contribution in [0, 0.1) is 0 Å². The highest BCUT2D eigenvalue weighted by Gasteiger charge is 2.17. The molecule has 3 N–H and O–H groups in total. The molecule has 1 aromatic rings. The Kier molecular flexibility index (Phi) is 3.84. The molecule has 0 heterocycles. The van der Waals surface area contributed by atoms with Gasteiger partial charge in [0.05, 0.1) is 4.90 Å². The summed E-state index contributed by atoms with van der Waals surface area (Å²) in [5.41, 5.74) is 6.12. The standard InChI is InChI=1S/C10H16N2O2S/c1-8(2)12-15(13,14)10-6-4-3-5-9(10)7-11/h3-6,8,12H,7,11H2,1-2H3. The Morgan fingerprint density at radius 2 is 1.93 bits per heavy atom. The van der Waals surface area contributed by atoms with Crippen molar-refractivity contribution in [1.82, 2.24) is 4.72 Å². The minimum Gasteiger partial charge on any atom is -0.326 e. The molecule has 0 unspecified atom stereocenters. The number of nitrogens with one attached hydrogen (secondary N) is 1. The van der Waals surface area contributed by atoms with Gasteiger partial charge in [0.25, 0.3) is 0 Å². The Morgan fingerprint density at radius 1 is 1.33 bits per heavy atom. The summed E-state index contributed by atoms with van der Waals surface area (Å²) >= 11 is 0. The van der Waals surface area contributed by atoms with E-state index in [1.165, 1.54) is 0 Å². The first-order chi connectivity index (χ1) is 6.97. The van der Waals surface area contributed by atoms with Gasteiger partial charge < -0.3 is 5.73 Å². The van der Waals surface area contributed by atoms with Crippen molar-refractivity contribution in [3.05, 3.63) is 29.8 Å². The van der Waals surface area contributed by atoms with Crippen LogP contribution in [0.4, 0.5) is 0 Å². The molecule has 0 aromatic heterocycles. The molecule has 0 bridgehead atoms. The predicted molar refractivity (Wildman–Crippen MR) is 59.8 cm³/mol. The summed E-state index contributed by atoms with van der Waals surface area (Å²) in [6.07, 6.45) is 0. The van der Waals surface area contributed by atoms with Crippen molar-refractivity contribution >= 4 is 10.0 Å². The third-order valence-corrected chi connectivity index (χ3v) is 3.63. The molecule has 0 aliphatic carbocycles. The topological polar surface area (TPSA) is 72.2 Å². The van der Waals surface area contributed by atoms with E-state index in [4.69, 9.17) is 5.73 Å². The molecule has 0 atom stereocenters. The van der Waals surface area contributed by atoms with Gasteiger partial charge in [-0.25, -0.2) is 13.1 Å². The van der Waals surface area contributed by atoms with Gasteiger partial charge in [0, 0.05) is 12.6 Å². The minimum absolute atomic E-state index is 0.124. The monoisotopic (exact) mass is 228 g/mol. The molecular formula is C10H16N2O2S. The van der Waals surface area contributed by atoms with Crippen LogP contribution in [0.3, 0.4) is 0 Å². The number of nitrogens with two attached hydrogens (primary N) is 1. The highest BCUT2D eigenvalue weighted by atomic mass is 32.2. The Morgan fingerprint density at radius 3 is 2.47 bits per heavy atom. The number of benzene rings is 1. The second-order valence-electron chi connectivity index (χ2n) is 3.59. The molecule has 0 aliphatic heterocycles. The van der Waals surface area contributed by atoms with Crippen molar-refractivity contribution in [2.75, 3.05) is 0 Å². The Labute approximate surface area is 90.5 Å². The third kappa shape index (κ3) is 3.02. The molecular weight excluding hydrogens is 212 g/mol. The molecule has 0 saturated carbocycles. The summed E-state index contributed by atoms with van der Waals surface area (Å²) in [6.45, 7) is 3.78. The number of hydrogen-bond donors (Lipinski definition) is 2. The van der Waals surface area contributed by atoms with Crippen LogP contribution in [0.15, 0.2) is 29.2 Å². The first-order valence-corrected chi connectivity index (χ1v) is 6.26. The Balaban J connectivity index is 3.15. The van der Waals surface area contributed by atoms with Gasteiger partial charge in [0.2, 0.25) is 10.0 Å². The fourth-order valence-electron chi connectivity index (χ4n) is 1.31. The van der Waals surface area contributed by atoms with Crippen molar-refractivity contribution in [2.45, 2.75) is 31.3 Å². The zero-order valence-electron chi connectivity index (χ0n) is 8.90. The second kappa shape index (κ2) is 4.74. The van der Waals surface area contributed by atoms with Crippen molar-refractivity contribution in [3.63, 3.8) is 0 Å². The van der Waals surface area contributed by atoms with E-state index in [9.17, 15) is 8.42 Å². The van der Waals surface area contributed by atoms with Gasteiger partial charge in [0.1, 0.15) is 0 Å². The summed E-state index contributed by atoms with van der Waals surface area (Å²) in [4.78, 5) is 0.265. The molecule has 4 nitrogen and oxygen atoms in total. The highest BCUT2D eigenvalue weighted by molar-refractivity contribution is 7.89. The Hall–Kier alpha value is -0.910. The Bertz CT molecular complexity index is 427. The lowest BCUT2D eigenvalue weighted by Crippen LogP contribution is -2.31. The van der Waals surface area contributed by atoms with Gasteiger partial charge in [-0.05, 0) is 25.5 Å². The van der Waals surface area contributed by atoms with E-state index in [0.29, 0.717) is 5.56 Å². The number of rotatable bonds is 4. The van der Waals surface area contributed by atoms with Crippen LogP contribution in [0.5, 0.6) is 0 Å². The lowest BCUT2D eigenvalue weighted by Gasteiger charge is -2.12. The van der Waals surface area contributed by atoms with E-state index in [1.807, 2.05) is 0 Å². The van der Waals surface area contributed by atoms with Gasteiger partial charge in [-0.15, -0.1) is 0 Å². The van der Waals surface area contributed by atoms with E-state index >= 15 is 0 Å². The smallest absolute Gasteiger partial charge is 0.241 e. The second-order valence-corrected chi connectivity index (χ2v) is 5.27. The van der Waals surface area contributed by atoms with E-state index < -0.39 is 10.0 Å². The molecule has 0 amide bonds. The maximum Gasteiger partial charge on any atom is 0.241 e. The zero-order chi connectivity index (χ0) is 11.5.